The summed E-state index contributed by atoms with van der Waals surface area (Å²) < 4.78 is 1.54. The molecule has 4 aromatic heterocycles. The molecule has 5 rings (SSSR count). The van der Waals surface area contributed by atoms with Crippen molar-refractivity contribution >= 4 is 45.6 Å². The van der Waals surface area contributed by atoms with E-state index >= 15 is 0 Å². The summed E-state index contributed by atoms with van der Waals surface area (Å²) >= 11 is 1.31. The minimum absolute atomic E-state index is 0.0622. The number of fused-ring (bicyclic) bond motifs is 1. The van der Waals surface area contributed by atoms with Crippen molar-refractivity contribution < 1.29 is 14.7 Å². The number of thiazole rings is 1. The molecule has 0 radical (unpaired) electrons. The number of nitrogens with zero attached hydrogens (tertiary/aromatic N) is 7. The largest absolute Gasteiger partial charge is 0.477 e. The molecule has 11 nitrogen and oxygen atoms in total. The van der Waals surface area contributed by atoms with Gasteiger partial charge in [-0.3, -0.25) is 14.2 Å². The molecule has 4 aromatic rings. The maximum Gasteiger partial charge on any atom is 0.341 e. The topological polar surface area (TPSA) is 134 Å². The molecule has 0 atom stereocenters. The molecule has 184 valence electrons. The first-order valence-electron chi connectivity index (χ1n) is 11.2. The van der Waals surface area contributed by atoms with E-state index in [1.54, 1.807) is 41.5 Å². The number of anilines is 2. The van der Waals surface area contributed by atoms with Crippen LogP contribution in [-0.4, -0.2) is 68.5 Å². The summed E-state index contributed by atoms with van der Waals surface area (Å²) in [6.45, 7) is 2.73. The first kappa shape index (κ1) is 23.5. The van der Waals surface area contributed by atoms with Crippen molar-refractivity contribution in [2.75, 3.05) is 37.0 Å². The Kier molecular flexibility index (Phi) is 5.96. The van der Waals surface area contributed by atoms with E-state index < -0.39 is 11.4 Å². The van der Waals surface area contributed by atoms with Crippen LogP contribution in [-0.2, 0) is 11.2 Å². The zero-order chi connectivity index (χ0) is 25.6. The van der Waals surface area contributed by atoms with E-state index in [1.165, 1.54) is 17.5 Å². The second-order valence-corrected chi connectivity index (χ2v) is 9.73. The molecule has 1 aliphatic heterocycles. The Balaban J connectivity index is 1.40. The maximum absolute atomic E-state index is 12.9. The van der Waals surface area contributed by atoms with Gasteiger partial charge in [-0.1, -0.05) is 0 Å². The van der Waals surface area contributed by atoms with Crippen LogP contribution in [0.4, 0.5) is 11.5 Å². The lowest BCUT2D eigenvalue weighted by Crippen LogP contribution is -2.51. The highest BCUT2D eigenvalue weighted by Crippen LogP contribution is 2.29. The number of carbonyl (C=O) groups is 2. The molecule has 5 heterocycles. The molecule has 0 aliphatic carbocycles. The van der Waals surface area contributed by atoms with Crippen molar-refractivity contribution in [3.63, 3.8) is 0 Å². The number of pyridine rings is 2. The molecule has 36 heavy (non-hydrogen) atoms. The maximum atomic E-state index is 12.9. The Hall–Kier alpha value is -4.19. The number of carboxylic acids is 1. The van der Waals surface area contributed by atoms with E-state index in [1.807, 2.05) is 23.9 Å². The summed E-state index contributed by atoms with van der Waals surface area (Å²) in [5, 5.41) is 12.1. The molecule has 1 saturated heterocycles. The van der Waals surface area contributed by atoms with E-state index in [0.29, 0.717) is 41.1 Å². The average Bonchev–Trinajstić information content (AvgIpc) is 3.33. The number of hydrogen-bond donors (Lipinski definition) is 1. The van der Waals surface area contributed by atoms with E-state index in [-0.39, 0.29) is 29.1 Å². The van der Waals surface area contributed by atoms with Gasteiger partial charge in [0.2, 0.25) is 5.43 Å². The Morgan fingerprint density at radius 3 is 2.53 bits per heavy atom. The third kappa shape index (κ3) is 4.19. The lowest BCUT2D eigenvalue weighted by Gasteiger charge is -2.39. The third-order valence-corrected chi connectivity index (χ3v) is 6.97. The van der Waals surface area contributed by atoms with E-state index in [9.17, 15) is 19.5 Å². The molecule has 0 spiro atoms. The highest BCUT2D eigenvalue weighted by atomic mass is 32.1. The number of carbonyl (C=O) groups excluding carboxylic acids is 1. The molecule has 1 aliphatic rings. The average molecular weight is 506 g/mol. The van der Waals surface area contributed by atoms with Crippen molar-refractivity contribution in [1.82, 2.24) is 24.5 Å². The molecule has 0 amide bonds. The Bertz CT molecular complexity index is 1530. The minimum Gasteiger partial charge on any atom is -0.477 e. The summed E-state index contributed by atoms with van der Waals surface area (Å²) in [6, 6.07) is 1.76. The summed E-state index contributed by atoms with van der Waals surface area (Å²) in [5.74, 6) is -0.309. The van der Waals surface area contributed by atoms with Gasteiger partial charge in [0.05, 0.1) is 35.8 Å². The number of rotatable bonds is 7. The fourth-order valence-electron chi connectivity index (χ4n) is 4.11. The van der Waals surface area contributed by atoms with Gasteiger partial charge in [0.15, 0.2) is 10.8 Å². The number of ketones is 1. The van der Waals surface area contributed by atoms with Crippen LogP contribution < -0.4 is 15.2 Å². The molecule has 0 aromatic carbocycles. The number of Topliss-reactive ketones (excluding diaryl/α,β-unsaturated/α-hetero) is 1. The van der Waals surface area contributed by atoms with Gasteiger partial charge >= 0.3 is 5.97 Å². The molecular formula is C24H23N7O4S. The van der Waals surface area contributed by atoms with E-state index in [0.717, 1.165) is 5.69 Å². The molecule has 0 saturated carbocycles. The van der Waals surface area contributed by atoms with Crippen molar-refractivity contribution in [2.24, 2.45) is 5.92 Å². The summed E-state index contributed by atoms with van der Waals surface area (Å²) in [6.07, 6.45) is 6.43. The minimum atomic E-state index is -1.31. The van der Waals surface area contributed by atoms with Gasteiger partial charge in [-0.15, -0.1) is 11.3 Å². The van der Waals surface area contributed by atoms with E-state index in [2.05, 4.69) is 15.0 Å². The number of aromatic carboxylic acids is 1. The highest BCUT2D eigenvalue weighted by Gasteiger charge is 2.34. The number of hydrogen-bond acceptors (Lipinski definition) is 10. The Morgan fingerprint density at radius 2 is 1.92 bits per heavy atom. The highest BCUT2D eigenvalue weighted by molar-refractivity contribution is 7.12. The second-order valence-electron chi connectivity index (χ2n) is 8.85. The molecule has 1 N–H and O–H groups in total. The normalized spacial score (nSPS) is 13.6. The number of aromatic nitrogens is 5. The van der Waals surface area contributed by atoms with Crippen molar-refractivity contribution in [1.29, 1.82) is 0 Å². The fraction of sp³-hybridized carbons (Fsp3) is 0.292. The van der Waals surface area contributed by atoms with Crippen molar-refractivity contribution in [3.8, 4) is 5.13 Å². The monoisotopic (exact) mass is 505 g/mol. The zero-order valence-corrected chi connectivity index (χ0v) is 20.7. The Morgan fingerprint density at radius 1 is 1.19 bits per heavy atom. The molecule has 0 unspecified atom stereocenters. The van der Waals surface area contributed by atoms with Crippen LogP contribution in [0.15, 0.2) is 41.0 Å². The third-order valence-electron chi connectivity index (χ3n) is 6.20. The van der Waals surface area contributed by atoms with Gasteiger partial charge in [0.25, 0.3) is 0 Å². The number of aryl methyl sites for hydroxylation is 1. The molecule has 1 fully saturated rings. The fourth-order valence-corrected chi connectivity index (χ4v) is 4.73. The van der Waals surface area contributed by atoms with Crippen LogP contribution in [0.3, 0.4) is 0 Å². The van der Waals surface area contributed by atoms with Gasteiger partial charge in [0.1, 0.15) is 23.0 Å². The van der Waals surface area contributed by atoms with Gasteiger partial charge in [-0.05, 0) is 18.6 Å². The predicted octanol–water partition coefficient (Wildman–Crippen LogP) is 1.95. The smallest absolute Gasteiger partial charge is 0.341 e. The van der Waals surface area contributed by atoms with Crippen LogP contribution in [0.1, 0.15) is 21.7 Å². The van der Waals surface area contributed by atoms with Gasteiger partial charge < -0.3 is 14.9 Å². The van der Waals surface area contributed by atoms with Crippen LogP contribution in [0.2, 0.25) is 0 Å². The standard InChI is InChI=1S/C24H23N7O4S/c1-13-6-19(30-10-14(11-30)17(32)7-18-26-8-15(9-27-18)29(2)3)28-22-20(13)21(33)16(23(34)35)12-31(22)24-25-4-5-36-24/h4-6,8-9,12,14H,7,10-11H2,1-3H3,(H,34,35). The van der Waals surface area contributed by atoms with Crippen molar-refractivity contribution in [2.45, 2.75) is 13.3 Å². The lowest BCUT2D eigenvalue weighted by atomic mass is 9.93. The van der Waals surface area contributed by atoms with Crippen LogP contribution in [0.5, 0.6) is 0 Å². The van der Waals surface area contributed by atoms with Crippen LogP contribution in [0.25, 0.3) is 16.2 Å². The zero-order valence-electron chi connectivity index (χ0n) is 19.9. The molecular weight excluding hydrogens is 482 g/mol. The van der Waals surface area contributed by atoms with Gasteiger partial charge in [-0.2, -0.15) is 0 Å². The molecule has 12 heteroatoms. The predicted molar refractivity (Wildman–Crippen MR) is 135 cm³/mol. The first-order valence-corrected chi connectivity index (χ1v) is 12.1. The lowest BCUT2D eigenvalue weighted by molar-refractivity contribution is -0.123. The van der Waals surface area contributed by atoms with Gasteiger partial charge in [-0.25, -0.2) is 24.7 Å². The van der Waals surface area contributed by atoms with Crippen LogP contribution >= 0.6 is 11.3 Å². The SMILES string of the molecule is Cc1cc(N2CC(C(=O)Cc3ncc(N(C)C)cn3)C2)nc2c1c(=O)c(C(=O)O)cn2-c1nccs1. The van der Waals surface area contributed by atoms with Crippen LogP contribution in [0, 0.1) is 12.8 Å². The quantitative estimate of drug-likeness (QED) is 0.397. The summed E-state index contributed by atoms with van der Waals surface area (Å²) in [4.78, 5) is 58.8. The Labute approximate surface area is 209 Å². The van der Waals surface area contributed by atoms with Gasteiger partial charge in [0, 0.05) is 45.0 Å². The number of carboxylic acid groups (broad SMARTS) is 1. The summed E-state index contributed by atoms with van der Waals surface area (Å²) in [5.41, 5.74) is 0.881. The summed E-state index contributed by atoms with van der Waals surface area (Å²) in [7, 11) is 3.80. The van der Waals surface area contributed by atoms with Crippen molar-refractivity contribution in [3.05, 3.63) is 63.4 Å². The first-order chi connectivity index (χ1) is 17.2. The molecule has 0 bridgehead atoms. The van der Waals surface area contributed by atoms with E-state index in [4.69, 9.17) is 4.98 Å². The second kappa shape index (κ2) is 9.11.